The Morgan fingerprint density at radius 2 is 1.68 bits per heavy atom. The molecule has 5 nitrogen and oxygen atoms in total. The highest BCUT2D eigenvalue weighted by atomic mass is 32.2. The molecule has 0 heterocycles. The maximum absolute atomic E-state index is 12.2. The summed E-state index contributed by atoms with van der Waals surface area (Å²) in [6.07, 6.45) is 1.56. The van der Waals surface area contributed by atoms with Crippen LogP contribution in [0.4, 0.5) is 0 Å². The number of nitrogens with one attached hydrogen (secondary N) is 1. The van der Waals surface area contributed by atoms with Gasteiger partial charge in [0, 0.05) is 41.9 Å². The Hall–Kier alpha value is -0.760. The summed E-state index contributed by atoms with van der Waals surface area (Å²) in [4.78, 5) is 0. The number of nitrogens with zero attached hydrogens (tertiary/aromatic N) is 1. The van der Waals surface area contributed by atoms with Gasteiger partial charge in [-0.25, -0.2) is 4.72 Å². The molecule has 0 aliphatic rings. The lowest BCUT2D eigenvalue weighted by molar-refractivity contribution is 0.403. The largest absolute Gasteiger partial charge is 0.279 e. The van der Waals surface area contributed by atoms with Crippen molar-refractivity contribution in [3.63, 3.8) is 0 Å². The molecular weight excluding hydrogens is 320 g/mol. The van der Waals surface area contributed by atoms with E-state index in [-0.39, 0.29) is 6.54 Å². The van der Waals surface area contributed by atoms with Gasteiger partial charge in [0.1, 0.15) is 0 Å². The summed E-state index contributed by atoms with van der Waals surface area (Å²) in [5, 5.41) is 0. The van der Waals surface area contributed by atoms with Gasteiger partial charge in [0.15, 0.2) is 0 Å². The van der Waals surface area contributed by atoms with Crippen LogP contribution >= 0.6 is 0 Å². The first-order valence-corrected chi connectivity index (χ1v) is 10.6. The summed E-state index contributed by atoms with van der Waals surface area (Å²) in [7, 11) is -4.54. The van der Waals surface area contributed by atoms with Crippen LogP contribution in [0, 0.1) is 0 Å². The number of hydrogen-bond acceptors (Lipinski definition) is 3. The van der Waals surface area contributed by atoms with Crippen LogP contribution in [0.15, 0.2) is 30.3 Å². The van der Waals surface area contributed by atoms with Crippen molar-refractivity contribution in [3.8, 4) is 0 Å². The molecule has 0 amide bonds. The van der Waals surface area contributed by atoms with Crippen LogP contribution in [0.2, 0.25) is 0 Å². The van der Waals surface area contributed by atoms with Gasteiger partial charge < -0.3 is 0 Å². The standard InChI is InChI=1S/C15H26N2O3S2/c1-3-11-17(12-4-2)22(19,20)16-10-13-21(18)14-15-8-6-5-7-9-15/h5-9,16H,3-4,10-14H2,1-2H3. The quantitative estimate of drug-likeness (QED) is 0.665. The highest BCUT2D eigenvalue weighted by Gasteiger charge is 2.19. The third kappa shape index (κ3) is 7.00. The van der Waals surface area contributed by atoms with Crippen LogP contribution in [0.25, 0.3) is 0 Å². The molecule has 0 spiro atoms. The minimum Gasteiger partial charge on any atom is -0.259 e. The predicted molar refractivity (Wildman–Crippen MR) is 92.2 cm³/mol. The van der Waals surface area contributed by atoms with Crippen molar-refractivity contribution in [2.45, 2.75) is 32.4 Å². The topological polar surface area (TPSA) is 66.5 Å². The third-order valence-electron chi connectivity index (χ3n) is 3.07. The molecule has 0 aliphatic carbocycles. The average Bonchev–Trinajstić information content (AvgIpc) is 2.48. The molecule has 1 aromatic carbocycles. The van der Waals surface area contributed by atoms with Gasteiger partial charge in [-0.15, -0.1) is 0 Å². The number of hydrogen-bond donors (Lipinski definition) is 1. The molecule has 0 fully saturated rings. The molecule has 0 saturated heterocycles. The molecule has 0 aromatic heterocycles. The lowest BCUT2D eigenvalue weighted by atomic mass is 10.2. The third-order valence-corrected chi connectivity index (χ3v) is 6.00. The molecule has 1 rings (SSSR count). The van der Waals surface area contributed by atoms with Gasteiger partial charge in [0.2, 0.25) is 0 Å². The molecule has 1 unspecified atom stereocenters. The van der Waals surface area contributed by atoms with Crippen LogP contribution < -0.4 is 4.72 Å². The van der Waals surface area contributed by atoms with Crippen molar-refractivity contribution in [1.82, 2.24) is 9.03 Å². The zero-order valence-electron chi connectivity index (χ0n) is 13.3. The molecule has 0 radical (unpaired) electrons. The van der Waals surface area contributed by atoms with E-state index in [2.05, 4.69) is 4.72 Å². The maximum Gasteiger partial charge on any atom is 0.279 e. The molecule has 7 heteroatoms. The fraction of sp³-hybridized carbons (Fsp3) is 0.600. The van der Waals surface area contributed by atoms with E-state index in [1.54, 1.807) is 0 Å². The summed E-state index contributed by atoms with van der Waals surface area (Å²) >= 11 is 0. The Morgan fingerprint density at radius 3 is 2.23 bits per heavy atom. The summed E-state index contributed by atoms with van der Waals surface area (Å²) in [6, 6.07) is 9.57. The van der Waals surface area contributed by atoms with Crippen molar-refractivity contribution < 1.29 is 12.6 Å². The van der Waals surface area contributed by atoms with E-state index in [0.29, 0.717) is 24.6 Å². The van der Waals surface area contributed by atoms with Crippen molar-refractivity contribution in [2.75, 3.05) is 25.4 Å². The molecule has 1 N–H and O–H groups in total. The molecule has 0 aliphatic heterocycles. The van der Waals surface area contributed by atoms with Crippen LogP contribution in [0.3, 0.4) is 0 Å². The molecule has 0 bridgehead atoms. The van der Waals surface area contributed by atoms with Crippen molar-refractivity contribution in [1.29, 1.82) is 0 Å². The molecule has 0 saturated carbocycles. The minimum atomic E-state index is -3.47. The Morgan fingerprint density at radius 1 is 1.09 bits per heavy atom. The monoisotopic (exact) mass is 346 g/mol. The summed E-state index contributed by atoms with van der Waals surface area (Å²) in [6.45, 7) is 5.12. The molecule has 126 valence electrons. The lowest BCUT2D eigenvalue weighted by Crippen LogP contribution is -2.42. The second-order valence-electron chi connectivity index (χ2n) is 5.07. The van der Waals surface area contributed by atoms with E-state index in [1.165, 1.54) is 4.31 Å². The maximum atomic E-state index is 12.2. The Labute approximate surface area is 136 Å². The van der Waals surface area contributed by atoms with Gasteiger partial charge in [0.25, 0.3) is 10.2 Å². The smallest absolute Gasteiger partial charge is 0.259 e. The summed E-state index contributed by atoms with van der Waals surface area (Å²) < 4.78 is 40.3. The first-order chi connectivity index (χ1) is 10.5. The van der Waals surface area contributed by atoms with Gasteiger partial charge >= 0.3 is 0 Å². The normalized spacial score (nSPS) is 13.4. The van der Waals surface area contributed by atoms with Crippen LogP contribution in [-0.4, -0.2) is 42.3 Å². The van der Waals surface area contributed by atoms with Gasteiger partial charge in [-0.2, -0.15) is 12.7 Å². The zero-order valence-corrected chi connectivity index (χ0v) is 15.0. The minimum absolute atomic E-state index is 0.200. The Balaban J connectivity index is 2.42. The second kappa shape index (κ2) is 10.1. The van der Waals surface area contributed by atoms with Crippen molar-refractivity contribution >= 4 is 21.0 Å². The summed E-state index contributed by atoms with van der Waals surface area (Å²) in [5.41, 5.74) is 1.00. The van der Waals surface area contributed by atoms with E-state index >= 15 is 0 Å². The zero-order chi connectivity index (χ0) is 16.4. The van der Waals surface area contributed by atoms with Gasteiger partial charge in [-0.1, -0.05) is 44.2 Å². The fourth-order valence-electron chi connectivity index (χ4n) is 2.06. The number of rotatable bonds is 11. The van der Waals surface area contributed by atoms with E-state index in [1.807, 2.05) is 44.2 Å². The van der Waals surface area contributed by atoms with Gasteiger partial charge in [-0.05, 0) is 18.4 Å². The van der Waals surface area contributed by atoms with Crippen molar-refractivity contribution in [3.05, 3.63) is 35.9 Å². The van der Waals surface area contributed by atoms with Crippen LogP contribution in [0.5, 0.6) is 0 Å². The Bertz CT molecular complexity index is 541. The Kier molecular flexibility index (Phi) is 8.85. The average molecular weight is 347 g/mol. The predicted octanol–water partition coefficient (Wildman–Crippen LogP) is 1.89. The van der Waals surface area contributed by atoms with E-state index in [9.17, 15) is 12.6 Å². The summed E-state index contributed by atoms with van der Waals surface area (Å²) in [5.74, 6) is 0.774. The molecule has 1 atom stereocenters. The van der Waals surface area contributed by atoms with E-state index in [0.717, 1.165) is 18.4 Å². The van der Waals surface area contributed by atoms with E-state index < -0.39 is 21.0 Å². The number of benzene rings is 1. The first kappa shape index (κ1) is 19.3. The second-order valence-corrected chi connectivity index (χ2v) is 8.40. The van der Waals surface area contributed by atoms with Gasteiger partial charge in [-0.3, -0.25) is 4.21 Å². The lowest BCUT2D eigenvalue weighted by Gasteiger charge is -2.21. The molecule has 1 aromatic rings. The first-order valence-electron chi connectivity index (χ1n) is 7.63. The molecule has 22 heavy (non-hydrogen) atoms. The van der Waals surface area contributed by atoms with Crippen LogP contribution in [0.1, 0.15) is 32.3 Å². The van der Waals surface area contributed by atoms with Gasteiger partial charge in [0.05, 0.1) is 0 Å². The molecular formula is C15H26N2O3S2. The van der Waals surface area contributed by atoms with Crippen LogP contribution in [-0.2, 0) is 26.8 Å². The highest BCUT2D eigenvalue weighted by molar-refractivity contribution is 7.87. The SMILES string of the molecule is CCCN(CCC)S(=O)(=O)NCCS(=O)Cc1ccccc1. The highest BCUT2D eigenvalue weighted by Crippen LogP contribution is 2.04. The van der Waals surface area contributed by atoms with E-state index in [4.69, 9.17) is 0 Å². The van der Waals surface area contributed by atoms with Crippen molar-refractivity contribution in [2.24, 2.45) is 0 Å². The fourth-order valence-corrected chi connectivity index (χ4v) is 4.61.